The number of unbranched alkanes of at least 4 members (excludes halogenated alkanes) is 7. The molecule has 0 N–H and O–H groups in total. The molecule has 696 valence electrons. The van der Waals surface area contributed by atoms with Gasteiger partial charge in [-0.1, -0.05) is 326 Å². The molecule has 0 radical (unpaired) electrons. The minimum absolute atomic E-state index is 0.000774. The predicted octanol–water partition coefficient (Wildman–Crippen LogP) is 30.9. The maximum Gasteiger partial charge on any atom is 0.343 e. The van der Waals surface area contributed by atoms with Gasteiger partial charge in [0.25, 0.3) is 29.7 Å². The predicted molar refractivity (Wildman–Crippen MR) is 528 cm³/mol. The first-order chi connectivity index (χ1) is 65.8. The van der Waals surface area contributed by atoms with Crippen molar-refractivity contribution in [3.05, 3.63) is 414 Å². The Bertz CT molecular complexity index is 6460. The zero-order chi connectivity index (χ0) is 96.8. The normalized spacial score (nSPS) is 10.6. The number of aromatic nitrogens is 5. The molecule has 15 nitrogen and oxygen atoms in total. The van der Waals surface area contributed by atoms with Gasteiger partial charge < -0.3 is 23.7 Å². The lowest BCUT2D eigenvalue weighted by atomic mass is 10.00. The van der Waals surface area contributed by atoms with Gasteiger partial charge >= 0.3 is 29.8 Å². The molecule has 0 saturated carbocycles. The molecule has 0 atom stereocenters. The van der Waals surface area contributed by atoms with E-state index in [4.69, 9.17) is 81.7 Å². The third kappa shape index (κ3) is 31.8. The third-order valence-electron chi connectivity index (χ3n) is 21.4. The van der Waals surface area contributed by atoms with Crippen LogP contribution in [0.25, 0.3) is 55.6 Å². The maximum absolute atomic E-state index is 13.7. The van der Waals surface area contributed by atoms with Crippen LogP contribution in [-0.4, -0.2) is 54.8 Å². The van der Waals surface area contributed by atoms with Crippen molar-refractivity contribution in [1.29, 1.82) is 0 Å². The van der Waals surface area contributed by atoms with E-state index in [0.717, 1.165) is 94.2 Å². The van der Waals surface area contributed by atoms with Crippen molar-refractivity contribution < 1.29 is 69.6 Å². The standard InChI is InChI=1S/C25H25ClFNO2.C23H21ClFNO2.C22H19ClFNO2.C21H17ClFNO2.C20H15ClFNO2/c1-2-3-4-5-6-7-18-8-10-19(11-9-18)20-12-14-21(15-13-20)25(29)30-22-16-17-23(26)28-24(22)27;1-2-3-4-5-16-6-8-17(9-7-16)18-10-12-19(13-11-18)23(27)28-20-14-15-21(24)26-22(20)25;1-2-3-4-15-5-7-16(8-6-15)17-9-11-18(12-10-17)22(26)27-19-13-14-20(23)25-21(19)24;1-2-3-14-4-6-15(7-5-14)16-8-10-17(11-9-16)21(25)26-18-12-13-19(22)24-20(18)23;1-2-13-3-5-14(6-4-13)15-7-9-16(10-8-15)20(24)25-17-11-12-18(21)23-19(17)22/h8-17H,2-7H2,1H3;6-15H,2-5H2,1H3;5-14H,2-4H2,1H3;4-13H,2-3H2,1H3;3-12H,2H2,1H3. The lowest BCUT2D eigenvalue weighted by Gasteiger charge is -2.07. The first kappa shape index (κ1) is 103. The Morgan fingerprint density at radius 1 is 0.206 bits per heavy atom. The molecule has 0 aliphatic carbocycles. The summed E-state index contributed by atoms with van der Waals surface area (Å²) in [5.74, 6) is -9.14. The van der Waals surface area contributed by atoms with E-state index in [9.17, 15) is 45.9 Å². The number of hydrogen-bond acceptors (Lipinski definition) is 15. The zero-order valence-electron chi connectivity index (χ0n) is 75.3. The van der Waals surface area contributed by atoms with Crippen LogP contribution in [0.15, 0.2) is 303 Å². The van der Waals surface area contributed by atoms with Crippen molar-refractivity contribution in [3.63, 3.8) is 0 Å². The second-order valence-corrected chi connectivity index (χ2v) is 33.2. The summed E-state index contributed by atoms with van der Waals surface area (Å²) >= 11 is 27.9. The fourth-order valence-electron chi connectivity index (χ4n) is 13.7. The molecule has 15 aromatic rings. The van der Waals surface area contributed by atoms with Crippen LogP contribution in [0.2, 0.25) is 25.8 Å². The number of benzene rings is 10. The Hall–Kier alpha value is -13.6. The monoisotopic (exact) mass is 1930 g/mol. The topological polar surface area (TPSA) is 196 Å². The Kier molecular flexibility index (Phi) is 40.0. The van der Waals surface area contributed by atoms with Gasteiger partial charge in [0.1, 0.15) is 25.8 Å². The van der Waals surface area contributed by atoms with E-state index in [1.54, 1.807) is 60.7 Å². The van der Waals surface area contributed by atoms with E-state index < -0.39 is 59.6 Å². The second-order valence-electron chi connectivity index (χ2n) is 31.3. The van der Waals surface area contributed by atoms with Gasteiger partial charge in [0.15, 0.2) is 28.7 Å². The average molecular weight is 1930 g/mol. The van der Waals surface area contributed by atoms with Crippen molar-refractivity contribution in [2.24, 2.45) is 0 Å². The first-order valence-corrected chi connectivity index (χ1v) is 46.4. The van der Waals surface area contributed by atoms with Gasteiger partial charge in [-0.05, 0) is 256 Å². The molecule has 5 heterocycles. The number of rotatable bonds is 31. The summed E-state index contributed by atoms with van der Waals surface area (Å²) in [5.41, 5.74) is 18.5. The summed E-state index contributed by atoms with van der Waals surface area (Å²) in [7, 11) is 0. The minimum Gasteiger partial charge on any atom is -0.418 e. The number of hydrogen-bond donors (Lipinski definition) is 0. The van der Waals surface area contributed by atoms with Gasteiger partial charge in [0, 0.05) is 0 Å². The van der Waals surface area contributed by atoms with Crippen LogP contribution in [0.4, 0.5) is 22.0 Å². The zero-order valence-corrected chi connectivity index (χ0v) is 79.1. The highest BCUT2D eigenvalue weighted by Gasteiger charge is 2.21. The molecule has 0 fully saturated rings. The summed E-state index contributed by atoms with van der Waals surface area (Å²) in [4.78, 5) is 78.1. The first-order valence-electron chi connectivity index (χ1n) is 44.5. The number of halogens is 10. The molecule has 0 unspecified atom stereocenters. The van der Waals surface area contributed by atoms with Gasteiger partial charge in [-0.2, -0.15) is 22.0 Å². The lowest BCUT2D eigenvalue weighted by molar-refractivity contribution is 0.0717. The van der Waals surface area contributed by atoms with Gasteiger partial charge in [-0.15, -0.1) is 0 Å². The maximum atomic E-state index is 13.7. The van der Waals surface area contributed by atoms with Gasteiger partial charge in [-0.25, -0.2) is 48.9 Å². The highest BCUT2D eigenvalue weighted by Crippen LogP contribution is 2.32. The molecule has 0 aliphatic heterocycles. The van der Waals surface area contributed by atoms with E-state index in [-0.39, 0.29) is 54.5 Å². The van der Waals surface area contributed by atoms with Crippen LogP contribution in [0.5, 0.6) is 28.7 Å². The number of esters is 5. The molecule has 0 spiro atoms. The van der Waals surface area contributed by atoms with E-state index >= 15 is 0 Å². The fraction of sp³-hybridized carbons (Fsp3) is 0.189. The molecule has 0 aliphatic rings. The third-order valence-corrected chi connectivity index (χ3v) is 22.4. The Labute approximate surface area is 813 Å². The van der Waals surface area contributed by atoms with Crippen molar-refractivity contribution >= 4 is 87.9 Å². The van der Waals surface area contributed by atoms with Gasteiger partial charge in [0.2, 0.25) is 0 Å². The van der Waals surface area contributed by atoms with Crippen LogP contribution in [-0.2, 0) is 32.1 Å². The average Bonchev–Trinajstić information content (AvgIpc) is 0.845. The molecule has 25 heteroatoms. The largest absolute Gasteiger partial charge is 0.418 e. The number of nitrogens with zero attached hydrogens (tertiary/aromatic N) is 5. The summed E-state index contributed by atoms with van der Waals surface area (Å²) < 4.78 is 93.5. The van der Waals surface area contributed by atoms with E-state index in [1.165, 1.54) is 153 Å². The van der Waals surface area contributed by atoms with Crippen molar-refractivity contribution in [1.82, 2.24) is 24.9 Å². The smallest absolute Gasteiger partial charge is 0.343 e. The van der Waals surface area contributed by atoms with Crippen LogP contribution >= 0.6 is 58.0 Å². The lowest BCUT2D eigenvalue weighted by Crippen LogP contribution is -2.10. The molecule has 10 aromatic carbocycles. The van der Waals surface area contributed by atoms with Crippen molar-refractivity contribution in [2.45, 2.75) is 137 Å². The number of carbonyl (C=O) groups is 5. The molecule has 0 saturated heterocycles. The molecule has 136 heavy (non-hydrogen) atoms. The summed E-state index contributed by atoms with van der Waals surface area (Å²) in [5, 5.41) is -0.0121. The Balaban J connectivity index is 0.000000163. The molecule has 5 aromatic heterocycles. The number of aryl methyl sites for hydroxylation is 5. The highest BCUT2D eigenvalue weighted by molar-refractivity contribution is 6.30. The summed E-state index contributed by atoms with van der Waals surface area (Å²) in [6.07, 6.45) is 18.8. The summed E-state index contributed by atoms with van der Waals surface area (Å²) in [6, 6.07) is 90.1. The molecular weight excluding hydrogens is 1840 g/mol. The SMILES string of the molecule is CCCCCCCc1ccc(-c2ccc(C(=O)Oc3ccc(Cl)nc3F)cc2)cc1.CCCCCc1ccc(-c2ccc(C(=O)Oc3ccc(Cl)nc3F)cc2)cc1.CCCCc1ccc(-c2ccc(C(=O)Oc3ccc(Cl)nc3F)cc2)cc1.CCCc1ccc(-c2ccc(C(=O)Oc3ccc(Cl)nc3F)cc2)cc1.CCc1ccc(-c2ccc(C(=O)Oc3ccc(Cl)nc3F)cc2)cc1. The number of carbonyl (C=O) groups excluding carboxylic acids is 5. The number of ether oxygens (including phenoxy) is 5. The Morgan fingerprint density at radius 3 is 0.581 bits per heavy atom. The number of pyridine rings is 5. The second kappa shape index (κ2) is 52.9. The van der Waals surface area contributed by atoms with E-state index in [0.29, 0.717) is 27.8 Å². The van der Waals surface area contributed by atoms with Crippen LogP contribution in [0.3, 0.4) is 0 Å². The highest BCUT2D eigenvalue weighted by atomic mass is 35.5. The minimum atomic E-state index is -0.923. The van der Waals surface area contributed by atoms with E-state index in [2.05, 4.69) is 169 Å². The van der Waals surface area contributed by atoms with Crippen molar-refractivity contribution in [3.8, 4) is 84.4 Å². The van der Waals surface area contributed by atoms with Gasteiger partial charge in [-0.3, -0.25) is 0 Å². The van der Waals surface area contributed by atoms with Crippen LogP contribution in [0, 0.1) is 29.7 Å². The molecule has 0 bridgehead atoms. The fourth-order valence-corrected chi connectivity index (χ4v) is 14.4. The van der Waals surface area contributed by atoms with E-state index in [1.807, 2.05) is 72.8 Å². The van der Waals surface area contributed by atoms with Crippen molar-refractivity contribution in [2.75, 3.05) is 0 Å². The summed E-state index contributed by atoms with van der Waals surface area (Å²) in [6.45, 7) is 10.9. The molecule has 15 rings (SSSR count). The molecule has 0 amide bonds. The molecular formula is C111H97Cl5F5N5O10. The van der Waals surface area contributed by atoms with Crippen LogP contribution in [0.1, 0.15) is 185 Å². The van der Waals surface area contributed by atoms with Gasteiger partial charge in [0.05, 0.1) is 27.8 Å². The van der Waals surface area contributed by atoms with Crippen LogP contribution < -0.4 is 23.7 Å². The Morgan fingerprint density at radius 2 is 0.382 bits per heavy atom. The quantitative estimate of drug-likeness (QED) is 0.0172.